The van der Waals surface area contributed by atoms with Crippen molar-refractivity contribution in [2.75, 3.05) is 11.9 Å². The Morgan fingerprint density at radius 1 is 1.16 bits per heavy atom. The number of piperidine rings is 1. The Labute approximate surface area is 187 Å². The van der Waals surface area contributed by atoms with Crippen LogP contribution in [0.15, 0.2) is 61.9 Å². The molecule has 1 aliphatic heterocycles. The van der Waals surface area contributed by atoms with Crippen molar-refractivity contribution < 1.29 is 17.6 Å². The van der Waals surface area contributed by atoms with Gasteiger partial charge in [-0.15, -0.1) is 22.7 Å². The summed E-state index contributed by atoms with van der Waals surface area (Å²) < 4.78 is 33.5. The SMILES string of the molecule is O=C(Nc1nc(-c2cc3ccccc3o2)cs1)C1CCCCN1S(=O)(=O)c1cccs1. The molecular weight excluding hydrogens is 454 g/mol. The Morgan fingerprint density at radius 3 is 2.84 bits per heavy atom. The molecule has 1 atom stereocenters. The molecule has 1 N–H and O–H groups in total. The highest BCUT2D eigenvalue weighted by molar-refractivity contribution is 7.91. The van der Waals surface area contributed by atoms with Crippen LogP contribution in [0.1, 0.15) is 19.3 Å². The van der Waals surface area contributed by atoms with E-state index >= 15 is 0 Å². The zero-order valence-corrected chi connectivity index (χ0v) is 18.8. The first-order valence-electron chi connectivity index (χ1n) is 9.83. The van der Waals surface area contributed by atoms with E-state index in [1.54, 1.807) is 17.5 Å². The highest BCUT2D eigenvalue weighted by Crippen LogP contribution is 2.32. The van der Waals surface area contributed by atoms with E-state index in [1.807, 2.05) is 35.7 Å². The van der Waals surface area contributed by atoms with Gasteiger partial charge in [0.1, 0.15) is 21.5 Å². The van der Waals surface area contributed by atoms with Crippen LogP contribution in [-0.2, 0) is 14.8 Å². The Kier molecular flexibility index (Phi) is 5.39. The molecule has 3 aromatic heterocycles. The molecule has 0 radical (unpaired) electrons. The van der Waals surface area contributed by atoms with E-state index in [9.17, 15) is 13.2 Å². The lowest BCUT2D eigenvalue weighted by molar-refractivity contribution is -0.120. The molecule has 1 amide bonds. The van der Waals surface area contributed by atoms with E-state index in [1.165, 1.54) is 15.6 Å². The number of para-hydroxylation sites is 1. The second kappa shape index (κ2) is 8.19. The van der Waals surface area contributed by atoms with E-state index < -0.39 is 16.1 Å². The number of nitrogens with one attached hydrogen (secondary N) is 1. The van der Waals surface area contributed by atoms with E-state index in [-0.39, 0.29) is 10.1 Å². The molecule has 1 aliphatic rings. The summed E-state index contributed by atoms with van der Waals surface area (Å²) in [5.41, 5.74) is 1.40. The topological polar surface area (TPSA) is 92.5 Å². The number of hydrogen-bond acceptors (Lipinski definition) is 7. The molecule has 0 saturated carbocycles. The zero-order valence-electron chi connectivity index (χ0n) is 16.4. The van der Waals surface area contributed by atoms with Crippen molar-refractivity contribution in [2.24, 2.45) is 0 Å². The van der Waals surface area contributed by atoms with Crippen LogP contribution in [-0.4, -0.2) is 36.2 Å². The maximum absolute atomic E-state index is 13.0. The van der Waals surface area contributed by atoms with Gasteiger partial charge in [-0.05, 0) is 36.4 Å². The third-order valence-electron chi connectivity index (χ3n) is 5.23. The summed E-state index contributed by atoms with van der Waals surface area (Å²) in [5.74, 6) is 0.267. The maximum Gasteiger partial charge on any atom is 0.253 e. The number of benzene rings is 1. The summed E-state index contributed by atoms with van der Waals surface area (Å²) in [7, 11) is -3.70. The summed E-state index contributed by atoms with van der Waals surface area (Å²) >= 11 is 2.45. The molecule has 0 aliphatic carbocycles. The molecule has 10 heteroatoms. The van der Waals surface area contributed by atoms with Crippen LogP contribution in [0.5, 0.6) is 0 Å². The van der Waals surface area contributed by atoms with Crippen LogP contribution < -0.4 is 5.32 Å². The standard InChI is InChI=1S/C21H19N3O4S3/c25-20(16-7-3-4-10-24(16)31(26,27)19-9-5-11-29-19)23-21-22-15(13-30-21)18-12-14-6-1-2-8-17(14)28-18/h1-2,5-6,8-9,11-13,16H,3-4,7,10H2,(H,22,23,25). The molecule has 0 bridgehead atoms. The fraction of sp³-hybridized carbons (Fsp3) is 0.238. The number of thiazole rings is 1. The van der Waals surface area contributed by atoms with Crippen LogP contribution >= 0.6 is 22.7 Å². The molecule has 31 heavy (non-hydrogen) atoms. The largest absolute Gasteiger partial charge is 0.454 e. The molecule has 4 heterocycles. The first-order valence-corrected chi connectivity index (χ1v) is 13.0. The van der Waals surface area contributed by atoms with Crippen LogP contribution in [0.3, 0.4) is 0 Å². The molecule has 4 aromatic rings. The number of hydrogen-bond donors (Lipinski definition) is 1. The van der Waals surface area contributed by atoms with Gasteiger partial charge >= 0.3 is 0 Å². The van der Waals surface area contributed by atoms with Gasteiger partial charge in [0.05, 0.1) is 0 Å². The Balaban J connectivity index is 1.35. The number of rotatable bonds is 5. The number of fused-ring (bicyclic) bond motifs is 1. The monoisotopic (exact) mass is 473 g/mol. The van der Waals surface area contributed by atoms with Crippen LogP contribution in [0, 0.1) is 0 Å². The van der Waals surface area contributed by atoms with Gasteiger partial charge in [0.15, 0.2) is 10.9 Å². The second-order valence-corrected chi connectivity index (χ2v) is 11.2. The molecule has 160 valence electrons. The quantitative estimate of drug-likeness (QED) is 0.449. The van der Waals surface area contributed by atoms with Gasteiger partial charge in [-0.3, -0.25) is 4.79 Å². The minimum absolute atomic E-state index is 0.258. The minimum atomic E-state index is -3.70. The highest BCUT2D eigenvalue weighted by atomic mass is 32.2. The van der Waals surface area contributed by atoms with Gasteiger partial charge in [-0.1, -0.05) is 30.7 Å². The molecule has 7 nitrogen and oxygen atoms in total. The van der Waals surface area contributed by atoms with Crippen molar-refractivity contribution in [1.82, 2.24) is 9.29 Å². The number of thiophene rings is 1. The predicted octanol–water partition coefficient (Wildman–Crippen LogP) is 4.80. The summed E-state index contributed by atoms with van der Waals surface area (Å²) in [6, 6.07) is 12.1. The van der Waals surface area contributed by atoms with Crippen molar-refractivity contribution in [2.45, 2.75) is 29.5 Å². The number of carbonyl (C=O) groups excluding carboxylic acids is 1. The van der Waals surface area contributed by atoms with Crippen LogP contribution in [0.4, 0.5) is 5.13 Å². The summed E-state index contributed by atoms with van der Waals surface area (Å²) in [6.45, 7) is 0.334. The molecule has 1 fully saturated rings. The number of sulfonamides is 1. The summed E-state index contributed by atoms with van der Waals surface area (Å²) in [6.07, 6.45) is 2.02. The lowest BCUT2D eigenvalue weighted by Gasteiger charge is -2.32. The van der Waals surface area contributed by atoms with E-state index in [0.717, 1.165) is 35.1 Å². The minimum Gasteiger partial charge on any atom is -0.454 e. The van der Waals surface area contributed by atoms with Gasteiger partial charge in [-0.2, -0.15) is 4.31 Å². The average molecular weight is 474 g/mol. The predicted molar refractivity (Wildman–Crippen MR) is 122 cm³/mol. The van der Waals surface area contributed by atoms with Crippen molar-refractivity contribution >= 4 is 54.7 Å². The summed E-state index contributed by atoms with van der Waals surface area (Å²) in [5, 5.41) is 7.74. The van der Waals surface area contributed by atoms with Gasteiger partial charge < -0.3 is 9.73 Å². The Morgan fingerprint density at radius 2 is 2.03 bits per heavy atom. The van der Waals surface area contributed by atoms with Crippen LogP contribution in [0.25, 0.3) is 22.4 Å². The number of nitrogens with zero attached hydrogens (tertiary/aromatic N) is 2. The Hall–Kier alpha value is -2.53. The molecule has 1 saturated heterocycles. The fourth-order valence-electron chi connectivity index (χ4n) is 3.72. The molecule has 1 aromatic carbocycles. The highest BCUT2D eigenvalue weighted by Gasteiger charge is 2.38. The number of furan rings is 1. The van der Waals surface area contributed by atoms with Crippen molar-refractivity contribution in [3.63, 3.8) is 0 Å². The molecule has 5 rings (SSSR count). The molecule has 0 spiro atoms. The maximum atomic E-state index is 13.0. The lowest BCUT2D eigenvalue weighted by Crippen LogP contribution is -2.49. The van der Waals surface area contributed by atoms with E-state index in [4.69, 9.17) is 4.42 Å². The Bertz CT molecular complexity index is 1290. The first-order chi connectivity index (χ1) is 15.0. The third kappa shape index (κ3) is 3.91. The summed E-state index contributed by atoms with van der Waals surface area (Å²) in [4.78, 5) is 17.5. The number of carbonyl (C=O) groups is 1. The number of anilines is 1. The second-order valence-electron chi connectivity index (χ2n) is 7.24. The normalized spacial score (nSPS) is 17.7. The van der Waals surface area contributed by atoms with Gasteiger partial charge in [0.25, 0.3) is 10.0 Å². The zero-order chi connectivity index (χ0) is 21.4. The van der Waals surface area contributed by atoms with Gasteiger partial charge in [-0.25, -0.2) is 13.4 Å². The van der Waals surface area contributed by atoms with Gasteiger partial charge in [0.2, 0.25) is 5.91 Å². The first kappa shape index (κ1) is 20.4. The fourth-order valence-corrected chi connectivity index (χ4v) is 7.20. The third-order valence-corrected chi connectivity index (χ3v) is 9.27. The van der Waals surface area contributed by atoms with E-state index in [2.05, 4.69) is 10.3 Å². The van der Waals surface area contributed by atoms with Crippen molar-refractivity contribution in [1.29, 1.82) is 0 Å². The van der Waals surface area contributed by atoms with Crippen LogP contribution in [0.2, 0.25) is 0 Å². The van der Waals surface area contributed by atoms with Crippen molar-refractivity contribution in [3.05, 3.63) is 53.2 Å². The lowest BCUT2D eigenvalue weighted by atomic mass is 10.0. The molecular formula is C21H19N3O4S3. The smallest absolute Gasteiger partial charge is 0.253 e. The van der Waals surface area contributed by atoms with E-state index in [0.29, 0.717) is 29.6 Å². The molecule has 1 unspecified atom stereocenters. The number of aromatic nitrogens is 1. The average Bonchev–Trinajstić information content (AvgIpc) is 3.53. The van der Waals surface area contributed by atoms with Crippen molar-refractivity contribution in [3.8, 4) is 11.5 Å². The van der Waals surface area contributed by atoms with Gasteiger partial charge in [0, 0.05) is 17.3 Å². The number of amides is 1.